The number of anilines is 3. The third kappa shape index (κ3) is 5.18. The van der Waals surface area contributed by atoms with Gasteiger partial charge in [-0.2, -0.15) is 4.98 Å². The molecule has 0 fully saturated rings. The van der Waals surface area contributed by atoms with Crippen molar-refractivity contribution in [3.05, 3.63) is 114 Å². The fourth-order valence-electron chi connectivity index (χ4n) is 4.01. The number of rotatable bonds is 7. The Hall–Kier alpha value is -4.71. The lowest BCUT2D eigenvalue weighted by Crippen LogP contribution is -2.14. The molecule has 36 heavy (non-hydrogen) atoms. The molecule has 0 aliphatic carbocycles. The summed E-state index contributed by atoms with van der Waals surface area (Å²) < 4.78 is 0. The molecule has 0 saturated heterocycles. The number of fused-ring (bicyclic) bond motifs is 1. The second kappa shape index (κ2) is 10.3. The molecule has 2 N–H and O–H groups in total. The van der Waals surface area contributed by atoms with Crippen LogP contribution < -0.4 is 15.5 Å². The van der Waals surface area contributed by atoms with Gasteiger partial charge in [-0.15, -0.1) is 0 Å². The summed E-state index contributed by atoms with van der Waals surface area (Å²) in [5, 5.41) is 7.30. The Balaban J connectivity index is 1.22. The Labute approximate surface area is 210 Å². The van der Waals surface area contributed by atoms with Gasteiger partial charge in [-0.3, -0.25) is 4.79 Å². The van der Waals surface area contributed by atoms with Gasteiger partial charge >= 0.3 is 0 Å². The van der Waals surface area contributed by atoms with Gasteiger partial charge in [0.1, 0.15) is 5.82 Å². The van der Waals surface area contributed by atoms with Crippen LogP contribution in [0.5, 0.6) is 0 Å². The number of nitrogens with one attached hydrogen (secondary N) is 2. The van der Waals surface area contributed by atoms with Crippen molar-refractivity contribution in [2.45, 2.75) is 6.54 Å². The van der Waals surface area contributed by atoms with Gasteiger partial charge in [-0.25, -0.2) is 4.98 Å². The molecule has 0 radical (unpaired) electrons. The Morgan fingerprint density at radius 3 is 2.14 bits per heavy atom. The zero-order valence-corrected chi connectivity index (χ0v) is 20.3. The lowest BCUT2D eigenvalue weighted by Gasteiger charge is -2.16. The highest BCUT2D eigenvalue weighted by Crippen LogP contribution is 2.24. The van der Waals surface area contributed by atoms with Crippen molar-refractivity contribution >= 4 is 34.3 Å². The first-order valence-electron chi connectivity index (χ1n) is 11.8. The summed E-state index contributed by atoms with van der Waals surface area (Å²) in [4.78, 5) is 24.0. The number of carbonyl (C=O) groups is 1. The van der Waals surface area contributed by atoms with Crippen LogP contribution in [0.2, 0.25) is 0 Å². The SMILES string of the molecule is CN(C)c1nc(NCc2ccc(NC(=O)c3ccc(-c4ccccc4)cc3)cc2)nc2ccccc12. The predicted octanol–water partition coefficient (Wildman–Crippen LogP) is 6.23. The fourth-order valence-corrected chi connectivity index (χ4v) is 4.01. The summed E-state index contributed by atoms with van der Waals surface area (Å²) in [5.74, 6) is 1.31. The maximum Gasteiger partial charge on any atom is 0.255 e. The number of nitrogens with zero attached hydrogens (tertiary/aromatic N) is 3. The first kappa shape index (κ1) is 23.1. The minimum atomic E-state index is -0.138. The zero-order valence-electron chi connectivity index (χ0n) is 20.3. The molecule has 178 valence electrons. The molecular weight excluding hydrogens is 446 g/mol. The molecule has 0 bridgehead atoms. The molecule has 1 aromatic heterocycles. The molecule has 6 heteroatoms. The lowest BCUT2D eigenvalue weighted by atomic mass is 10.0. The lowest BCUT2D eigenvalue weighted by molar-refractivity contribution is 0.102. The number of hydrogen-bond donors (Lipinski definition) is 2. The monoisotopic (exact) mass is 473 g/mol. The van der Waals surface area contributed by atoms with Crippen LogP contribution in [-0.2, 0) is 6.54 Å². The molecule has 5 rings (SSSR count). The highest BCUT2D eigenvalue weighted by Gasteiger charge is 2.10. The molecule has 4 aromatic carbocycles. The summed E-state index contributed by atoms with van der Waals surface area (Å²) in [7, 11) is 3.95. The van der Waals surface area contributed by atoms with Crippen molar-refractivity contribution in [1.82, 2.24) is 9.97 Å². The highest BCUT2D eigenvalue weighted by atomic mass is 16.1. The number of para-hydroxylation sites is 1. The van der Waals surface area contributed by atoms with E-state index in [1.54, 1.807) is 0 Å². The molecule has 0 spiro atoms. The summed E-state index contributed by atoms with van der Waals surface area (Å²) >= 11 is 0. The van der Waals surface area contributed by atoms with E-state index in [9.17, 15) is 4.79 Å². The van der Waals surface area contributed by atoms with Gasteiger partial charge in [0.05, 0.1) is 5.52 Å². The summed E-state index contributed by atoms with van der Waals surface area (Å²) in [6.07, 6.45) is 0. The average molecular weight is 474 g/mol. The van der Waals surface area contributed by atoms with E-state index in [0.29, 0.717) is 18.1 Å². The maximum absolute atomic E-state index is 12.7. The largest absolute Gasteiger partial charge is 0.362 e. The molecular formula is C30H27N5O. The molecule has 0 atom stereocenters. The standard InChI is InChI=1S/C30H27N5O/c1-35(2)28-26-10-6-7-11-27(26)33-30(34-28)31-20-21-12-18-25(19-13-21)32-29(36)24-16-14-23(15-17-24)22-8-4-3-5-9-22/h3-19H,20H2,1-2H3,(H,32,36)(H,31,33,34). The van der Waals surface area contributed by atoms with E-state index in [2.05, 4.69) is 32.7 Å². The highest BCUT2D eigenvalue weighted by molar-refractivity contribution is 6.04. The van der Waals surface area contributed by atoms with Crippen LogP contribution in [0, 0.1) is 0 Å². The van der Waals surface area contributed by atoms with Gasteiger partial charge in [-0.05, 0) is 53.1 Å². The molecule has 0 aliphatic rings. The Morgan fingerprint density at radius 2 is 1.42 bits per heavy atom. The van der Waals surface area contributed by atoms with E-state index < -0.39 is 0 Å². The Morgan fingerprint density at radius 1 is 0.750 bits per heavy atom. The molecule has 0 saturated carbocycles. The van der Waals surface area contributed by atoms with Crippen molar-refractivity contribution in [3.63, 3.8) is 0 Å². The summed E-state index contributed by atoms with van der Waals surface area (Å²) in [6.45, 7) is 0.570. The molecule has 0 unspecified atom stereocenters. The maximum atomic E-state index is 12.7. The van der Waals surface area contributed by atoms with Gasteiger partial charge in [0.15, 0.2) is 0 Å². The number of carbonyl (C=O) groups excluding carboxylic acids is 1. The van der Waals surface area contributed by atoms with E-state index in [0.717, 1.165) is 39.1 Å². The van der Waals surface area contributed by atoms with E-state index in [1.165, 1.54) is 0 Å². The Bertz CT molecular complexity index is 1480. The van der Waals surface area contributed by atoms with Crippen LogP contribution in [0.1, 0.15) is 15.9 Å². The van der Waals surface area contributed by atoms with Gasteiger partial charge < -0.3 is 15.5 Å². The molecule has 1 heterocycles. The van der Waals surface area contributed by atoms with E-state index >= 15 is 0 Å². The van der Waals surface area contributed by atoms with Crippen LogP contribution >= 0.6 is 0 Å². The first-order valence-corrected chi connectivity index (χ1v) is 11.8. The summed E-state index contributed by atoms with van der Waals surface area (Å²) in [6, 6.07) is 33.5. The molecule has 6 nitrogen and oxygen atoms in total. The second-order valence-electron chi connectivity index (χ2n) is 8.73. The van der Waals surface area contributed by atoms with Gasteiger partial charge in [0.2, 0.25) is 5.95 Å². The van der Waals surface area contributed by atoms with Crippen LogP contribution in [-0.4, -0.2) is 30.0 Å². The summed E-state index contributed by atoms with van der Waals surface area (Å²) in [5.41, 5.74) is 5.52. The van der Waals surface area contributed by atoms with Crippen molar-refractivity contribution < 1.29 is 4.79 Å². The molecule has 5 aromatic rings. The van der Waals surface area contributed by atoms with E-state index in [1.807, 2.05) is 110 Å². The van der Waals surface area contributed by atoms with E-state index in [4.69, 9.17) is 0 Å². The van der Waals surface area contributed by atoms with Crippen LogP contribution in [0.25, 0.3) is 22.0 Å². The van der Waals surface area contributed by atoms with Crippen LogP contribution in [0.3, 0.4) is 0 Å². The fraction of sp³-hybridized carbons (Fsp3) is 0.100. The van der Waals surface area contributed by atoms with Gasteiger partial charge in [0.25, 0.3) is 5.91 Å². The number of aromatic nitrogens is 2. The normalized spacial score (nSPS) is 10.7. The average Bonchev–Trinajstić information content (AvgIpc) is 2.92. The number of amides is 1. The van der Waals surface area contributed by atoms with Crippen molar-refractivity contribution in [1.29, 1.82) is 0 Å². The minimum absolute atomic E-state index is 0.138. The van der Waals surface area contributed by atoms with Crippen LogP contribution in [0.4, 0.5) is 17.5 Å². The topological polar surface area (TPSA) is 70.2 Å². The third-order valence-corrected chi connectivity index (χ3v) is 5.92. The van der Waals surface area contributed by atoms with Crippen molar-refractivity contribution in [3.8, 4) is 11.1 Å². The van der Waals surface area contributed by atoms with E-state index in [-0.39, 0.29) is 5.91 Å². The quantitative estimate of drug-likeness (QED) is 0.293. The van der Waals surface area contributed by atoms with Crippen molar-refractivity contribution in [2.24, 2.45) is 0 Å². The third-order valence-electron chi connectivity index (χ3n) is 5.92. The van der Waals surface area contributed by atoms with Crippen molar-refractivity contribution in [2.75, 3.05) is 29.6 Å². The minimum Gasteiger partial charge on any atom is -0.362 e. The smallest absolute Gasteiger partial charge is 0.255 e. The molecule has 1 amide bonds. The number of benzene rings is 4. The first-order chi connectivity index (χ1) is 17.6. The number of hydrogen-bond acceptors (Lipinski definition) is 5. The van der Waals surface area contributed by atoms with Gasteiger partial charge in [0, 0.05) is 37.3 Å². The van der Waals surface area contributed by atoms with Gasteiger partial charge in [-0.1, -0.05) is 66.7 Å². The Kier molecular flexibility index (Phi) is 6.58. The molecule has 0 aliphatic heterocycles. The zero-order chi connectivity index (χ0) is 24.9. The second-order valence-corrected chi connectivity index (χ2v) is 8.73. The predicted molar refractivity (Wildman–Crippen MR) is 147 cm³/mol. The van der Waals surface area contributed by atoms with Crippen LogP contribution in [0.15, 0.2) is 103 Å².